The smallest absolute Gasteiger partial charge is 0.322 e. The summed E-state index contributed by atoms with van der Waals surface area (Å²) in [5, 5.41) is 13.3. The largest absolute Gasteiger partial charge is 0.480 e. The highest BCUT2D eigenvalue weighted by atomic mass is 16.4. The molecule has 1 fully saturated rings. The van der Waals surface area contributed by atoms with Crippen LogP contribution in [0, 0.1) is 0 Å². The van der Waals surface area contributed by atoms with Crippen molar-refractivity contribution >= 4 is 17.8 Å². The summed E-state index contributed by atoms with van der Waals surface area (Å²) in [6.45, 7) is 0.560. The summed E-state index contributed by atoms with van der Waals surface area (Å²) in [6, 6.07) is 9.17. The molecular weight excluding hydrogens is 260 g/mol. The van der Waals surface area contributed by atoms with Gasteiger partial charge in [0, 0.05) is 13.0 Å². The number of aliphatic carboxylic acids is 1. The standard InChI is InChI=1S/C10H11NO3.C4H7NO/c12-9(11-7-10(13)14)6-8-4-2-1-3-5-8;6-4-2-1-3-5-4/h1-5H,6-7H2,(H,11,12)(H,13,14);1-3H2,(H,5,6). The van der Waals surface area contributed by atoms with Crippen LogP contribution in [0.25, 0.3) is 0 Å². The number of nitrogens with one attached hydrogen (secondary N) is 2. The molecule has 1 aliphatic rings. The molecule has 6 nitrogen and oxygen atoms in total. The third-order valence-electron chi connectivity index (χ3n) is 2.55. The Morgan fingerprint density at radius 1 is 1.25 bits per heavy atom. The Labute approximate surface area is 117 Å². The molecule has 108 valence electrons. The van der Waals surface area contributed by atoms with Crippen molar-refractivity contribution in [3.8, 4) is 0 Å². The third kappa shape index (κ3) is 7.15. The van der Waals surface area contributed by atoms with Crippen LogP contribution in [0.4, 0.5) is 0 Å². The van der Waals surface area contributed by atoms with E-state index in [-0.39, 0.29) is 24.8 Å². The van der Waals surface area contributed by atoms with Gasteiger partial charge in [0.2, 0.25) is 11.8 Å². The third-order valence-corrected chi connectivity index (χ3v) is 2.55. The van der Waals surface area contributed by atoms with E-state index in [0.29, 0.717) is 0 Å². The molecule has 1 aromatic rings. The van der Waals surface area contributed by atoms with Crippen molar-refractivity contribution in [3.63, 3.8) is 0 Å². The van der Waals surface area contributed by atoms with Gasteiger partial charge in [-0.2, -0.15) is 0 Å². The Hall–Kier alpha value is -2.37. The van der Waals surface area contributed by atoms with Gasteiger partial charge in [-0.1, -0.05) is 30.3 Å². The summed E-state index contributed by atoms with van der Waals surface area (Å²) in [6.07, 6.45) is 1.98. The van der Waals surface area contributed by atoms with Crippen molar-refractivity contribution in [2.45, 2.75) is 19.3 Å². The van der Waals surface area contributed by atoms with Crippen LogP contribution in [0.1, 0.15) is 18.4 Å². The fourth-order valence-corrected chi connectivity index (χ4v) is 1.58. The topological polar surface area (TPSA) is 95.5 Å². The number of carbonyl (C=O) groups is 3. The van der Waals surface area contributed by atoms with E-state index >= 15 is 0 Å². The number of hydrogen-bond donors (Lipinski definition) is 3. The quantitative estimate of drug-likeness (QED) is 0.739. The fraction of sp³-hybridized carbons (Fsp3) is 0.357. The van der Waals surface area contributed by atoms with Crippen molar-refractivity contribution in [1.82, 2.24) is 10.6 Å². The number of rotatable bonds is 4. The molecule has 3 N–H and O–H groups in total. The SMILES string of the molecule is O=C(O)CNC(=O)Cc1ccccc1.O=C1CCCN1. The van der Waals surface area contributed by atoms with Gasteiger partial charge in [0.05, 0.1) is 6.42 Å². The van der Waals surface area contributed by atoms with Gasteiger partial charge in [-0.3, -0.25) is 14.4 Å². The number of carboxylic acids is 1. The monoisotopic (exact) mass is 278 g/mol. The second kappa shape index (κ2) is 8.68. The average Bonchev–Trinajstić information content (AvgIpc) is 2.89. The second-order valence-electron chi connectivity index (χ2n) is 4.29. The van der Waals surface area contributed by atoms with Gasteiger partial charge < -0.3 is 15.7 Å². The summed E-state index contributed by atoms with van der Waals surface area (Å²) in [7, 11) is 0. The highest BCUT2D eigenvalue weighted by Gasteiger charge is 2.05. The van der Waals surface area contributed by atoms with Gasteiger partial charge in [-0.05, 0) is 12.0 Å². The van der Waals surface area contributed by atoms with Gasteiger partial charge >= 0.3 is 5.97 Å². The molecule has 6 heteroatoms. The van der Waals surface area contributed by atoms with Gasteiger partial charge in [-0.25, -0.2) is 0 Å². The maximum atomic E-state index is 11.1. The normalized spacial score (nSPS) is 12.9. The predicted molar refractivity (Wildman–Crippen MR) is 73.0 cm³/mol. The number of carboxylic acid groups (broad SMARTS) is 1. The maximum absolute atomic E-state index is 11.1. The molecule has 1 aromatic carbocycles. The van der Waals surface area contributed by atoms with Crippen molar-refractivity contribution in [2.24, 2.45) is 0 Å². The zero-order valence-electron chi connectivity index (χ0n) is 11.1. The summed E-state index contributed by atoms with van der Waals surface area (Å²) < 4.78 is 0. The number of amides is 2. The predicted octanol–water partition coefficient (Wildman–Crippen LogP) is 0.326. The Morgan fingerprint density at radius 2 is 1.95 bits per heavy atom. The van der Waals surface area contributed by atoms with Crippen LogP contribution in [0.5, 0.6) is 0 Å². The molecule has 20 heavy (non-hydrogen) atoms. The Bertz CT molecular complexity index is 452. The molecule has 0 bridgehead atoms. The Balaban J connectivity index is 0.000000276. The van der Waals surface area contributed by atoms with Crippen LogP contribution >= 0.6 is 0 Å². The van der Waals surface area contributed by atoms with Crippen molar-refractivity contribution in [1.29, 1.82) is 0 Å². The van der Waals surface area contributed by atoms with Crippen LogP contribution in [-0.4, -0.2) is 36.0 Å². The Morgan fingerprint density at radius 3 is 2.40 bits per heavy atom. The molecule has 0 atom stereocenters. The highest BCUT2D eigenvalue weighted by Crippen LogP contribution is 1.98. The molecule has 0 aliphatic carbocycles. The average molecular weight is 278 g/mol. The van der Waals surface area contributed by atoms with Crippen LogP contribution in [0.2, 0.25) is 0 Å². The summed E-state index contributed by atoms with van der Waals surface area (Å²) in [5.41, 5.74) is 0.871. The molecule has 0 spiro atoms. The molecular formula is C14H18N2O4. The summed E-state index contributed by atoms with van der Waals surface area (Å²) in [4.78, 5) is 31.4. The van der Waals surface area contributed by atoms with E-state index in [0.717, 1.165) is 24.9 Å². The number of benzene rings is 1. The van der Waals surface area contributed by atoms with Gasteiger partial charge in [0.1, 0.15) is 6.54 Å². The first-order valence-corrected chi connectivity index (χ1v) is 6.37. The zero-order chi connectivity index (χ0) is 14.8. The van der Waals surface area contributed by atoms with E-state index in [4.69, 9.17) is 5.11 Å². The lowest BCUT2D eigenvalue weighted by Crippen LogP contribution is -2.30. The van der Waals surface area contributed by atoms with Crippen LogP contribution in [0.15, 0.2) is 30.3 Å². The van der Waals surface area contributed by atoms with E-state index in [1.807, 2.05) is 30.3 Å². The first-order chi connectivity index (χ1) is 9.58. The summed E-state index contributed by atoms with van der Waals surface area (Å²) >= 11 is 0. The zero-order valence-corrected chi connectivity index (χ0v) is 11.1. The van der Waals surface area contributed by atoms with E-state index in [1.165, 1.54) is 0 Å². The molecule has 1 heterocycles. The van der Waals surface area contributed by atoms with E-state index in [1.54, 1.807) is 0 Å². The van der Waals surface area contributed by atoms with Crippen LogP contribution in [0.3, 0.4) is 0 Å². The van der Waals surface area contributed by atoms with Crippen molar-refractivity contribution < 1.29 is 19.5 Å². The molecule has 1 aliphatic heterocycles. The van der Waals surface area contributed by atoms with Crippen molar-refractivity contribution in [3.05, 3.63) is 35.9 Å². The molecule has 1 saturated heterocycles. The fourth-order valence-electron chi connectivity index (χ4n) is 1.58. The number of hydrogen-bond acceptors (Lipinski definition) is 3. The minimum Gasteiger partial charge on any atom is -0.480 e. The van der Waals surface area contributed by atoms with Crippen LogP contribution < -0.4 is 10.6 Å². The maximum Gasteiger partial charge on any atom is 0.322 e. The molecule has 2 amide bonds. The molecule has 0 aromatic heterocycles. The number of carbonyl (C=O) groups excluding carboxylic acids is 2. The van der Waals surface area contributed by atoms with E-state index in [2.05, 4.69) is 10.6 Å². The minimum absolute atomic E-state index is 0.204. The van der Waals surface area contributed by atoms with Crippen LogP contribution in [-0.2, 0) is 20.8 Å². The lowest BCUT2D eigenvalue weighted by Gasteiger charge is -2.01. The van der Waals surface area contributed by atoms with Gasteiger partial charge in [0.25, 0.3) is 0 Å². The molecule has 0 unspecified atom stereocenters. The molecule has 2 rings (SSSR count). The van der Waals surface area contributed by atoms with E-state index in [9.17, 15) is 14.4 Å². The summed E-state index contributed by atoms with van der Waals surface area (Å²) in [5.74, 6) is -1.11. The molecule has 0 saturated carbocycles. The lowest BCUT2D eigenvalue weighted by atomic mass is 10.1. The second-order valence-corrected chi connectivity index (χ2v) is 4.29. The highest BCUT2D eigenvalue weighted by molar-refractivity contribution is 5.82. The first kappa shape index (κ1) is 15.7. The minimum atomic E-state index is -1.04. The van der Waals surface area contributed by atoms with E-state index < -0.39 is 5.97 Å². The Kier molecular flexibility index (Phi) is 6.81. The van der Waals surface area contributed by atoms with Crippen molar-refractivity contribution in [2.75, 3.05) is 13.1 Å². The molecule has 0 radical (unpaired) electrons. The van der Waals surface area contributed by atoms with Gasteiger partial charge in [-0.15, -0.1) is 0 Å². The first-order valence-electron chi connectivity index (χ1n) is 6.37. The lowest BCUT2D eigenvalue weighted by molar-refractivity contribution is -0.137. The van der Waals surface area contributed by atoms with Gasteiger partial charge in [0.15, 0.2) is 0 Å².